The fraction of sp³-hybridized carbons (Fsp3) is 0.154. The number of nitrogens with zero attached hydrogens (tertiary/aromatic N) is 1. The maximum absolute atomic E-state index is 13.7. The van der Waals surface area contributed by atoms with Crippen molar-refractivity contribution in [2.45, 2.75) is 6.04 Å². The van der Waals surface area contributed by atoms with Gasteiger partial charge in [-0.15, -0.1) is 0 Å². The molecule has 0 bridgehead atoms. The summed E-state index contributed by atoms with van der Waals surface area (Å²) < 4.78 is 27.6. The Hall–Kier alpha value is -1.33. The maximum Gasteiger partial charge on any atom is 0.146 e. The second-order valence-corrected chi connectivity index (χ2v) is 4.65. The predicted octanol–water partition coefficient (Wildman–Crippen LogP) is 3.43. The highest BCUT2D eigenvalue weighted by atomic mass is 79.9. The first-order valence-electron chi connectivity index (χ1n) is 5.35. The van der Waals surface area contributed by atoms with Crippen LogP contribution in [0.1, 0.15) is 17.2 Å². The highest BCUT2D eigenvalue weighted by Crippen LogP contribution is 2.26. The van der Waals surface area contributed by atoms with Crippen LogP contribution in [0.3, 0.4) is 0 Å². The van der Waals surface area contributed by atoms with Gasteiger partial charge in [0.25, 0.3) is 0 Å². The van der Waals surface area contributed by atoms with E-state index in [9.17, 15) is 8.78 Å². The monoisotopic (exact) mass is 312 g/mol. The molecular weight excluding hydrogens is 302 g/mol. The molecule has 0 radical (unpaired) electrons. The molecule has 94 valence electrons. The zero-order valence-corrected chi connectivity index (χ0v) is 11.2. The first-order chi connectivity index (χ1) is 8.63. The molecule has 5 heteroatoms. The highest BCUT2D eigenvalue weighted by Gasteiger charge is 2.17. The van der Waals surface area contributed by atoms with Gasteiger partial charge >= 0.3 is 0 Å². The Morgan fingerprint density at radius 1 is 1.22 bits per heavy atom. The van der Waals surface area contributed by atoms with E-state index >= 15 is 0 Å². The predicted molar refractivity (Wildman–Crippen MR) is 69.2 cm³/mol. The van der Waals surface area contributed by atoms with E-state index < -0.39 is 11.9 Å². The van der Waals surface area contributed by atoms with Crippen LogP contribution in [0.15, 0.2) is 41.1 Å². The van der Waals surface area contributed by atoms with Crippen molar-refractivity contribution in [3.8, 4) is 0 Å². The first-order valence-corrected chi connectivity index (χ1v) is 6.14. The lowest BCUT2D eigenvalue weighted by atomic mass is 9.99. The first kappa shape index (κ1) is 13.1. The van der Waals surface area contributed by atoms with E-state index in [0.717, 1.165) is 6.20 Å². The molecule has 0 saturated heterocycles. The van der Waals surface area contributed by atoms with Gasteiger partial charge in [-0.25, -0.2) is 8.78 Å². The van der Waals surface area contributed by atoms with Gasteiger partial charge in [-0.2, -0.15) is 0 Å². The van der Waals surface area contributed by atoms with E-state index in [0.29, 0.717) is 15.6 Å². The third-order valence-electron chi connectivity index (χ3n) is 2.68. The number of halogens is 3. The molecule has 2 aromatic rings. The molecule has 0 saturated carbocycles. The normalized spacial score (nSPS) is 12.4. The van der Waals surface area contributed by atoms with E-state index in [2.05, 4.69) is 26.2 Å². The zero-order chi connectivity index (χ0) is 13.1. The van der Waals surface area contributed by atoms with Crippen LogP contribution in [0.5, 0.6) is 0 Å². The van der Waals surface area contributed by atoms with Crippen molar-refractivity contribution >= 4 is 15.9 Å². The minimum atomic E-state index is -0.417. The molecule has 1 heterocycles. The van der Waals surface area contributed by atoms with Gasteiger partial charge in [0, 0.05) is 11.8 Å². The molecule has 0 fully saturated rings. The average molecular weight is 313 g/mol. The molecule has 1 aromatic heterocycles. The van der Waals surface area contributed by atoms with Crippen molar-refractivity contribution in [1.29, 1.82) is 0 Å². The van der Waals surface area contributed by atoms with Crippen LogP contribution in [0, 0.1) is 11.6 Å². The second kappa shape index (κ2) is 5.54. The number of hydrogen-bond donors (Lipinski definition) is 1. The molecular formula is C13H11BrF2N2. The van der Waals surface area contributed by atoms with Crippen LogP contribution < -0.4 is 5.32 Å². The Morgan fingerprint density at radius 2 is 2.00 bits per heavy atom. The molecule has 2 rings (SSSR count). The molecule has 1 unspecified atom stereocenters. The Balaban J connectivity index is 2.45. The summed E-state index contributed by atoms with van der Waals surface area (Å²) >= 11 is 3.09. The van der Waals surface area contributed by atoms with E-state index in [1.807, 2.05) is 0 Å². The summed E-state index contributed by atoms with van der Waals surface area (Å²) in [4.78, 5) is 3.70. The second-order valence-electron chi connectivity index (χ2n) is 3.79. The fourth-order valence-electron chi connectivity index (χ4n) is 1.81. The number of aromatic nitrogens is 1. The quantitative estimate of drug-likeness (QED) is 0.939. The van der Waals surface area contributed by atoms with E-state index in [-0.39, 0.29) is 5.82 Å². The van der Waals surface area contributed by atoms with Crippen LogP contribution in [0.25, 0.3) is 0 Å². The molecule has 1 aromatic carbocycles. The number of nitrogens with one attached hydrogen (secondary N) is 1. The van der Waals surface area contributed by atoms with Crippen molar-refractivity contribution in [3.63, 3.8) is 0 Å². The van der Waals surface area contributed by atoms with Gasteiger partial charge in [0.05, 0.1) is 16.7 Å². The lowest BCUT2D eigenvalue weighted by molar-refractivity contribution is 0.566. The minimum Gasteiger partial charge on any atom is -0.309 e. The van der Waals surface area contributed by atoms with Gasteiger partial charge in [-0.1, -0.05) is 6.07 Å². The smallest absolute Gasteiger partial charge is 0.146 e. The molecule has 0 aliphatic carbocycles. The minimum absolute atomic E-state index is 0.373. The summed E-state index contributed by atoms with van der Waals surface area (Å²) in [6, 6.07) is 5.90. The third-order valence-corrected chi connectivity index (χ3v) is 3.32. The van der Waals surface area contributed by atoms with Crippen LogP contribution in [0.4, 0.5) is 8.78 Å². The molecule has 1 N–H and O–H groups in total. The molecule has 1 atom stereocenters. The number of hydrogen-bond acceptors (Lipinski definition) is 2. The summed E-state index contributed by atoms with van der Waals surface area (Å²) in [5.74, 6) is -0.789. The van der Waals surface area contributed by atoms with E-state index in [4.69, 9.17) is 0 Å². The Morgan fingerprint density at radius 3 is 2.61 bits per heavy atom. The molecule has 0 aliphatic heterocycles. The summed E-state index contributed by atoms with van der Waals surface area (Å²) in [5, 5.41) is 2.97. The Labute approximate surface area is 112 Å². The standard InChI is InChI=1S/C13H11BrF2N2/c1-17-13(9-4-5-18-7-12(9)16)8-2-3-10(14)11(15)6-8/h2-7,13,17H,1H3. The summed E-state index contributed by atoms with van der Waals surface area (Å²) in [5.41, 5.74) is 1.09. The van der Waals surface area contributed by atoms with E-state index in [1.165, 1.54) is 12.3 Å². The van der Waals surface area contributed by atoms with Crippen LogP contribution in [-0.4, -0.2) is 12.0 Å². The van der Waals surface area contributed by atoms with Crippen LogP contribution in [0.2, 0.25) is 0 Å². The van der Waals surface area contributed by atoms with Gasteiger partial charge < -0.3 is 5.32 Å². The van der Waals surface area contributed by atoms with Crippen molar-refractivity contribution < 1.29 is 8.78 Å². The third kappa shape index (κ3) is 2.57. The summed E-state index contributed by atoms with van der Waals surface area (Å²) in [7, 11) is 1.70. The Bertz CT molecular complexity index is 560. The SMILES string of the molecule is CNC(c1ccc(Br)c(F)c1)c1ccncc1F. The highest BCUT2D eigenvalue weighted by molar-refractivity contribution is 9.10. The van der Waals surface area contributed by atoms with Crippen LogP contribution >= 0.6 is 15.9 Å². The molecule has 0 spiro atoms. The van der Waals surface area contributed by atoms with Crippen molar-refractivity contribution in [1.82, 2.24) is 10.3 Å². The largest absolute Gasteiger partial charge is 0.309 e. The summed E-state index contributed by atoms with van der Waals surface area (Å²) in [6.07, 6.45) is 2.66. The topological polar surface area (TPSA) is 24.9 Å². The average Bonchev–Trinajstić information content (AvgIpc) is 2.37. The Kier molecular flexibility index (Phi) is 4.04. The summed E-state index contributed by atoms with van der Waals surface area (Å²) in [6.45, 7) is 0. The fourth-order valence-corrected chi connectivity index (χ4v) is 2.06. The lowest BCUT2D eigenvalue weighted by Crippen LogP contribution is -2.19. The molecule has 0 amide bonds. The van der Waals surface area contributed by atoms with Gasteiger partial charge in [-0.05, 0) is 46.7 Å². The van der Waals surface area contributed by atoms with Crippen molar-refractivity contribution in [2.24, 2.45) is 0 Å². The van der Waals surface area contributed by atoms with Crippen molar-refractivity contribution in [2.75, 3.05) is 7.05 Å². The van der Waals surface area contributed by atoms with Crippen LogP contribution in [-0.2, 0) is 0 Å². The van der Waals surface area contributed by atoms with Gasteiger partial charge in [0.1, 0.15) is 11.6 Å². The lowest BCUT2D eigenvalue weighted by Gasteiger charge is -2.17. The molecule has 0 aliphatic rings. The van der Waals surface area contributed by atoms with Gasteiger partial charge in [-0.3, -0.25) is 4.98 Å². The molecule has 18 heavy (non-hydrogen) atoms. The number of pyridine rings is 1. The van der Waals surface area contributed by atoms with E-state index in [1.54, 1.807) is 25.2 Å². The molecule has 2 nitrogen and oxygen atoms in total. The maximum atomic E-state index is 13.7. The zero-order valence-electron chi connectivity index (χ0n) is 9.62. The van der Waals surface area contributed by atoms with Gasteiger partial charge in [0.2, 0.25) is 0 Å². The van der Waals surface area contributed by atoms with Crippen molar-refractivity contribution in [3.05, 3.63) is 63.9 Å². The number of rotatable bonds is 3. The number of benzene rings is 1. The van der Waals surface area contributed by atoms with Gasteiger partial charge in [0.15, 0.2) is 0 Å².